The molecule has 4 N–H and O–H groups in total. The van der Waals surface area contributed by atoms with Gasteiger partial charge in [-0.05, 0) is 19.4 Å². The SMILES string of the molecule is NCCCCCCSN. The Morgan fingerprint density at radius 3 is 2.22 bits per heavy atom. The van der Waals surface area contributed by atoms with E-state index in [-0.39, 0.29) is 0 Å². The average Bonchev–Trinajstić information content (AvgIpc) is 1.89. The van der Waals surface area contributed by atoms with Gasteiger partial charge in [-0.2, -0.15) is 0 Å². The molecule has 0 aromatic heterocycles. The third-order valence-corrected chi connectivity index (χ3v) is 1.74. The lowest BCUT2D eigenvalue weighted by Gasteiger charge is -1.95. The number of nitrogens with two attached hydrogens (primary N) is 2. The van der Waals surface area contributed by atoms with Crippen molar-refractivity contribution in [3.63, 3.8) is 0 Å². The molecule has 3 heteroatoms. The molecule has 0 rings (SSSR count). The van der Waals surface area contributed by atoms with E-state index < -0.39 is 0 Å². The van der Waals surface area contributed by atoms with Crippen LogP contribution in [0, 0.1) is 0 Å². The van der Waals surface area contributed by atoms with Crippen molar-refractivity contribution in [2.75, 3.05) is 12.3 Å². The number of hydrogen-bond donors (Lipinski definition) is 2. The van der Waals surface area contributed by atoms with Crippen LogP contribution >= 0.6 is 11.9 Å². The molecule has 0 aliphatic heterocycles. The molecule has 0 radical (unpaired) electrons. The van der Waals surface area contributed by atoms with E-state index in [9.17, 15) is 0 Å². The molecular weight excluding hydrogens is 132 g/mol. The van der Waals surface area contributed by atoms with E-state index in [4.69, 9.17) is 10.9 Å². The summed E-state index contributed by atoms with van der Waals surface area (Å²) >= 11 is 1.43. The Kier molecular flexibility index (Phi) is 8.52. The summed E-state index contributed by atoms with van der Waals surface area (Å²) in [5.41, 5.74) is 5.31. The molecule has 0 saturated carbocycles. The highest BCUT2D eigenvalue weighted by Gasteiger charge is 1.86. The van der Waals surface area contributed by atoms with Crippen LogP contribution < -0.4 is 10.9 Å². The Morgan fingerprint density at radius 1 is 1.00 bits per heavy atom. The minimum atomic E-state index is 0.829. The quantitative estimate of drug-likeness (QED) is 0.438. The molecule has 0 aliphatic carbocycles. The first-order chi connectivity index (χ1) is 4.41. The number of unbranched alkanes of at least 4 members (excludes halogenated alkanes) is 3. The van der Waals surface area contributed by atoms with Crippen LogP contribution in [-0.4, -0.2) is 12.3 Å². The maximum atomic E-state index is 5.31. The summed E-state index contributed by atoms with van der Waals surface area (Å²) in [7, 11) is 0. The van der Waals surface area contributed by atoms with E-state index in [0.717, 1.165) is 18.7 Å². The van der Waals surface area contributed by atoms with Crippen molar-refractivity contribution in [1.29, 1.82) is 0 Å². The largest absolute Gasteiger partial charge is 0.330 e. The molecule has 0 fully saturated rings. The highest BCUT2D eigenvalue weighted by atomic mass is 32.2. The molecule has 9 heavy (non-hydrogen) atoms. The van der Waals surface area contributed by atoms with Crippen LogP contribution in [0.4, 0.5) is 0 Å². The summed E-state index contributed by atoms with van der Waals surface area (Å²) in [5, 5.41) is 5.24. The molecule has 0 aromatic rings. The second-order valence-corrected chi connectivity index (χ2v) is 2.82. The van der Waals surface area contributed by atoms with Crippen molar-refractivity contribution in [3.8, 4) is 0 Å². The fourth-order valence-electron chi connectivity index (χ4n) is 0.683. The van der Waals surface area contributed by atoms with Gasteiger partial charge in [-0.25, -0.2) is 0 Å². The first-order valence-electron chi connectivity index (χ1n) is 3.43. The molecule has 0 unspecified atom stereocenters. The highest BCUT2D eigenvalue weighted by molar-refractivity contribution is 7.97. The van der Waals surface area contributed by atoms with Gasteiger partial charge in [0.15, 0.2) is 0 Å². The lowest BCUT2D eigenvalue weighted by molar-refractivity contribution is 0.678. The third kappa shape index (κ3) is 8.27. The lowest BCUT2D eigenvalue weighted by Crippen LogP contribution is -1.97. The van der Waals surface area contributed by atoms with Crippen LogP contribution in [0.3, 0.4) is 0 Å². The molecular formula is C6H16N2S. The number of rotatable bonds is 6. The van der Waals surface area contributed by atoms with Crippen molar-refractivity contribution in [2.24, 2.45) is 10.9 Å². The smallest absolute Gasteiger partial charge is 0.00764 e. The Balaban J connectivity index is 2.60. The second kappa shape index (κ2) is 8.27. The van der Waals surface area contributed by atoms with E-state index in [1.807, 2.05) is 0 Å². The van der Waals surface area contributed by atoms with Gasteiger partial charge < -0.3 is 5.73 Å². The van der Waals surface area contributed by atoms with E-state index in [0.29, 0.717) is 0 Å². The minimum absolute atomic E-state index is 0.829. The zero-order chi connectivity index (χ0) is 6.95. The maximum absolute atomic E-state index is 5.31. The standard InChI is InChI=1S/C6H16N2S/c7-5-3-1-2-4-6-9-8/h1-8H2. The Hall–Kier alpha value is 0.270. The molecule has 0 bridgehead atoms. The summed E-state index contributed by atoms with van der Waals surface area (Å²) in [6.45, 7) is 0.829. The summed E-state index contributed by atoms with van der Waals surface area (Å²) in [5.74, 6) is 1.09. The minimum Gasteiger partial charge on any atom is -0.330 e. The van der Waals surface area contributed by atoms with E-state index in [1.54, 1.807) is 0 Å². The van der Waals surface area contributed by atoms with Gasteiger partial charge in [-0.15, -0.1) is 0 Å². The summed E-state index contributed by atoms with van der Waals surface area (Å²) in [6.07, 6.45) is 4.94. The van der Waals surface area contributed by atoms with Gasteiger partial charge in [0.2, 0.25) is 0 Å². The third-order valence-electron chi connectivity index (χ3n) is 1.22. The molecule has 0 amide bonds. The summed E-state index contributed by atoms with van der Waals surface area (Å²) in [6, 6.07) is 0. The van der Waals surface area contributed by atoms with Crippen LogP contribution in [0.2, 0.25) is 0 Å². The average molecular weight is 148 g/mol. The highest BCUT2D eigenvalue weighted by Crippen LogP contribution is 2.01. The van der Waals surface area contributed by atoms with Crippen molar-refractivity contribution in [1.82, 2.24) is 0 Å². The monoisotopic (exact) mass is 148 g/mol. The lowest BCUT2D eigenvalue weighted by atomic mass is 10.2. The van der Waals surface area contributed by atoms with Gasteiger partial charge in [0.1, 0.15) is 0 Å². The van der Waals surface area contributed by atoms with Crippen LogP contribution in [0.25, 0.3) is 0 Å². The summed E-state index contributed by atoms with van der Waals surface area (Å²) in [4.78, 5) is 0. The van der Waals surface area contributed by atoms with Gasteiger partial charge in [-0.1, -0.05) is 24.8 Å². The molecule has 0 heterocycles. The fraction of sp³-hybridized carbons (Fsp3) is 1.00. The second-order valence-electron chi connectivity index (χ2n) is 2.07. The molecule has 0 aliphatic rings. The Bertz CT molecular complexity index is 44.3. The first kappa shape index (κ1) is 9.27. The van der Waals surface area contributed by atoms with Crippen molar-refractivity contribution in [2.45, 2.75) is 25.7 Å². The topological polar surface area (TPSA) is 52.0 Å². The first-order valence-corrected chi connectivity index (χ1v) is 4.48. The normalized spacial score (nSPS) is 10.0. The molecule has 0 spiro atoms. The predicted octanol–water partition coefficient (Wildman–Crippen LogP) is 1.11. The van der Waals surface area contributed by atoms with E-state index >= 15 is 0 Å². The fourth-order valence-corrected chi connectivity index (χ4v) is 1.05. The Morgan fingerprint density at radius 2 is 1.67 bits per heavy atom. The van der Waals surface area contributed by atoms with Gasteiger partial charge in [-0.3, -0.25) is 5.14 Å². The molecule has 2 nitrogen and oxygen atoms in total. The van der Waals surface area contributed by atoms with Crippen LogP contribution in [0.1, 0.15) is 25.7 Å². The zero-order valence-electron chi connectivity index (χ0n) is 5.81. The summed E-state index contributed by atoms with van der Waals surface area (Å²) < 4.78 is 0. The molecule has 0 atom stereocenters. The van der Waals surface area contributed by atoms with Crippen LogP contribution in [0.5, 0.6) is 0 Å². The van der Waals surface area contributed by atoms with Crippen LogP contribution in [-0.2, 0) is 0 Å². The van der Waals surface area contributed by atoms with Gasteiger partial charge in [0, 0.05) is 5.75 Å². The van der Waals surface area contributed by atoms with Crippen LogP contribution in [0.15, 0.2) is 0 Å². The van der Waals surface area contributed by atoms with Crippen molar-refractivity contribution < 1.29 is 0 Å². The zero-order valence-corrected chi connectivity index (χ0v) is 6.62. The molecule has 56 valence electrons. The van der Waals surface area contributed by atoms with Crippen molar-refractivity contribution >= 4 is 11.9 Å². The van der Waals surface area contributed by atoms with Gasteiger partial charge in [0.05, 0.1) is 0 Å². The van der Waals surface area contributed by atoms with Gasteiger partial charge in [0.25, 0.3) is 0 Å². The predicted molar refractivity (Wildman–Crippen MR) is 44.2 cm³/mol. The van der Waals surface area contributed by atoms with E-state index in [1.165, 1.54) is 31.2 Å². The maximum Gasteiger partial charge on any atom is 0.00764 e. The van der Waals surface area contributed by atoms with E-state index in [2.05, 4.69) is 0 Å². The van der Waals surface area contributed by atoms with Gasteiger partial charge >= 0.3 is 0 Å². The molecule has 0 saturated heterocycles. The number of hydrogen-bond acceptors (Lipinski definition) is 3. The molecule has 0 aromatic carbocycles. The van der Waals surface area contributed by atoms with Crippen molar-refractivity contribution in [3.05, 3.63) is 0 Å². The Labute approximate surface area is 61.5 Å².